The maximum absolute atomic E-state index is 13.1. The van der Waals surface area contributed by atoms with Crippen LogP contribution in [0.4, 0.5) is 24.5 Å². The number of carbonyl (C=O) groups excluding carboxylic acids is 2. The van der Waals surface area contributed by atoms with Crippen LogP contribution in [0.15, 0.2) is 42.5 Å². The molecule has 2 aromatic rings. The fraction of sp³-hybridized carbons (Fsp3) is 0.462. The van der Waals surface area contributed by atoms with Crippen molar-refractivity contribution >= 4 is 23.2 Å². The van der Waals surface area contributed by atoms with Gasteiger partial charge < -0.3 is 20.3 Å². The first-order chi connectivity index (χ1) is 17.3. The van der Waals surface area contributed by atoms with E-state index in [1.807, 2.05) is 6.07 Å². The number of hydrogen-bond acceptors (Lipinski definition) is 5. The Morgan fingerprint density at radius 1 is 0.917 bits per heavy atom. The lowest BCUT2D eigenvalue weighted by Gasteiger charge is -2.26. The molecular weight excluding hydrogens is 473 g/mol. The predicted molar refractivity (Wildman–Crippen MR) is 131 cm³/mol. The molecule has 36 heavy (non-hydrogen) atoms. The maximum Gasteiger partial charge on any atom is 0.416 e. The summed E-state index contributed by atoms with van der Waals surface area (Å²) in [6.45, 7) is 6.38. The second-order valence-electron chi connectivity index (χ2n) is 9.02. The zero-order valence-electron chi connectivity index (χ0n) is 20.1. The Balaban J connectivity index is 1.42. The largest absolute Gasteiger partial charge is 0.416 e. The molecule has 194 valence electrons. The van der Waals surface area contributed by atoms with Crippen LogP contribution >= 0.6 is 0 Å². The van der Waals surface area contributed by atoms with E-state index in [2.05, 4.69) is 20.4 Å². The number of rotatable bonds is 8. The standard InChI is InChI=1S/C26H31F3N4O3/c27-26(28,29)20-6-4-19(5-7-20)24(34)31-21-8-9-23(33-12-1-2-13-33)22(18-21)25(35)30-10-3-11-32-14-16-36-17-15-32/h4-9,18H,1-3,10-17H2,(H,30,35)(H,31,34). The number of ether oxygens (including phenoxy) is 1. The minimum absolute atomic E-state index is 0.0979. The summed E-state index contributed by atoms with van der Waals surface area (Å²) in [5, 5.41) is 5.69. The lowest BCUT2D eigenvalue weighted by Crippen LogP contribution is -2.38. The topological polar surface area (TPSA) is 73.9 Å². The normalized spacial score (nSPS) is 16.7. The highest BCUT2D eigenvalue weighted by Gasteiger charge is 2.30. The molecule has 0 saturated carbocycles. The van der Waals surface area contributed by atoms with Gasteiger partial charge in [0.2, 0.25) is 0 Å². The molecule has 7 nitrogen and oxygen atoms in total. The Bertz CT molecular complexity index is 1050. The smallest absolute Gasteiger partial charge is 0.379 e. The summed E-state index contributed by atoms with van der Waals surface area (Å²) in [4.78, 5) is 30.2. The molecule has 2 fully saturated rings. The van der Waals surface area contributed by atoms with Gasteiger partial charge in [0.1, 0.15) is 0 Å². The van der Waals surface area contributed by atoms with Gasteiger partial charge in [-0.3, -0.25) is 14.5 Å². The number of benzene rings is 2. The highest BCUT2D eigenvalue weighted by atomic mass is 19.4. The van der Waals surface area contributed by atoms with Gasteiger partial charge in [-0.25, -0.2) is 0 Å². The summed E-state index contributed by atoms with van der Waals surface area (Å²) in [6.07, 6.45) is -1.56. The van der Waals surface area contributed by atoms with Crippen LogP contribution < -0.4 is 15.5 Å². The number of alkyl halides is 3. The van der Waals surface area contributed by atoms with E-state index in [1.54, 1.807) is 12.1 Å². The number of amides is 2. The second kappa shape index (κ2) is 11.7. The van der Waals surface area contributed by atoms with Gasteiger partial charge in [-0.05, 0) is 68.3 Å². The number of morpholine rings is 1. The average molecular weight is 505 g/mol. The SMILES string of the molecule is O=C(Nc1ccc(N2CCCC2)c(C(=O)NCCCN2CCOCC2)c1)c1ccc(C(F)(F)F)cc1. The number of halogens is 3. The van der Waals surface area contributed by atoms with Gasteiger partial charge in [-0.1, -0.05) is 0 Å². The summed E-state index contributed by atoms with van der Waals surface area (Å²) >= 11 is 0. The fourth-order valence-corrected chi connectivity index (χ4v) is 4.47. The van der Waals surface area contributed by atoms with Gasteiger partial charge in [-0.2, -0.15) is 13.2 Å². The molecular formula is C26H31F3N4O3. The minimum Gasteiger partial charge on any atom is -0.379 e. The van der Waals surface area contributed by atoms with E-state index in [-0.39, 0.29) is 11.5 Å². The molecule has 2 N–H and O–H groups in total. The number of hydrogen-bond donors (Lipinski definition) is 2. The van der Waals surface area contributed by atoms with E-state index in [0.29, 0.717) is 17.8 Å². The number of nitrogens with zero attached hydrogens (tertiary/aromatic N) is 2. The molecule has 2 heterocycles. The molecule has 2 aromatic carbocycles. The van der Waals surface area contributed by atoms with Gasteiger partial charge in [-0.15, -0.1) is 0 Å². The van der Waals surface area contributed by atoms with Gasteiger partial charge in [0.15, 0.2) is 0 Å². The van der Waals surface area contributed by atoms with Crippen molar-refractivity contribution in [2.45, 2.75) is 25.4 Å². The van der Waals surface area contributed by atoms with E-state index in [1.165, 1.54) is 0 Å². The molecule has 2 aliphatic heterocycles. The first-order valence-corrected chi connectivity index (χ1v) is 12.3. The highest BCUT2D eigenvalue weighted by molar-refractivity contribution is 6.06. The minimum atomic E-state index is -4.47. The third-order valence-corrected chi connectivity index (χ3v) is 6.46. The number of anilines is 2. The first-order valence-electron chi connectivity index (χ1n) is 12.3. The van der Waals surface area contributed by atoms with Crippen molar-refractivity contribution in [2.75, 3.05) is 62.7 Å². The third-order valence-electron chi connectivity index (χ3n) is 6.46. The van der Waals surface area contributed by atoms with Crippen LogP contribution in [-0.4, -0.2) is 69.2 Å². The lowest BCUT2D eigenvalue weighted by atomic mass is 10.1. The van der Waals surface area contributed by atoms with Crippen LogP contribution in [0.2, 0.25) is 0 Å². The average Bonchev–Trinajstić information content (AvgIpc) is 3.41. The van der Waals surface area contributed by atoms with Crippen molar-refractivity contribution in [1.82, 2.24) is 10.2 Å². The Morgan fingerprint density at radius 3 is 2.28 bits per heavy atom. The summed E-state index contributed by atoms with van der Waals surface area (Å²) in [7, 11) is 0. The van der Waals surface area contributed by atoms with Gasteiger partial charge in [0.25, 0.3) is 11.8 Å². The number of carbonyl (C=O) groups is 2. The van der Waals surface area contributed by atoms with Crippen LogP contribution in [-0.2, 0) is 10.9 Å². The van der Waals surface area contributed by atoms with Gasteiger partial charge in [0, 0.05) is 49.7 Å². The quantitative estimate of drug-likeness (QED) is 0.532. The van der Waals surface area contributed by atoms with Crippen LogP contribution in [0, 0.1) is 0 Å². The van der Waals surface area contributed by atoms with Gasteiger partial charge >= 0.3 is 6.18 Å². The highest BCUT2D eigenvalue weighted by Crippen LogP contribution is 2.30. The predicted octanol–water partition coefficient (Wildman–Crippen LogP) is 4.01. The monoisotopic (exact) mass is 504 g/mol. The van der Waals surface area contributed by atoms with Crippen molar-refractivity contribution in [3.05, 3.63) is 59.2 Å². The summed E-state index contributed by atoms with van der Waals surface area (Å²) in [5.41, 5.74) is 0.961. The van der Waals surface area contributed by atoms with Crippen LogP contribution in [0.25, 0.3) is 0 Å². The molecule has 0 bridgehead atoms. The van der Waals surface area contributed by atoms with Crippen molar-refractivity contribution in [3.8, 4) is 0 Å². The zero-order valence-corrected chi connectivity index (χ0v) is 20.1. The van der Waals surface area contributed by atoms with Crippen molar-refractivity contribution in [2.24, 2.45) is 0 Å². The molecule has 0 radical (unpaired) electrons. The van der Waals surface area contributed by atoms with E-state index >= 15 is 0 Å². The van der Waals surface area contributed by atoms with E-state index in [4.69, 9.17) is 4.74 Å². The molecule has 0 atom stereocenters. The molecule has 2 aliphatic rings. The van der Waals surface area contributed by atoms with Crippen LogP contribution in [0.5, 0.6) is 0 Å². The summed E-state index contributed by atoms with van der Waals surface area (Å²) in [6, 6.07) is 9.19. The zero-order chi connectivity index (χ0) is 25.5. The molecule has 10 heteroatoms. The van der Waals surface area contributed by atoms with Gasteiger partial charge in [0.05, 0.1) is 24.3 Å². The lowest BCUT2D eigenvalue weighted by molar-refractivity contribution is -0.137. The van der Waals surface area contributed by atoms with Crippen molar-refractivity contribution < 1.29 is 27.5 Å². The summed E-state index contributed by atoms with van der Waals surface area (Å²) < 4.78 is 43.8. The molecule has 4 rings (SSSR count). The molecule has 0 spiro atoms. The Kier molecular flexibility index (Phi) is 8.48. The third kappa shape index (κ3) is 6.76. The Morgan fingerprint density at radius 2 is 1.61 bits per heavy atom. The van der Waals surface area contributed by atoms with E-state index in [0.717, 1.165) is 95.2 Å². The second-order valence-corrected chi connectivity index (χ2v) is 9.02. The number of nitrogens with one attached hydrogen (secondary N) is 2. The van der Waals surface area contributed by atoms with Crippen LogP contribution in [0.1, 0.15) is 45.5 Å². The Hall–Kier alpha value is -3.11. The first kappa shape index (κ1) is 26.0. The van der Waals surface area contributed by atoms with Crippen molar-refractivity contribution in [1.29, 1.82) is 0 Å². The maximum atomic E-state index is 13.1. The van der Waals surface area contributed by atoms with Crippen LogP contribution in [0.3, 0.4) is 0 Å². The van der Waals surface area contributed by atoms with Crippen molar-refractivity contribution in [3.63, 3.8) is 0 Å². The molecule has 0 unspecified atom stereocenters. The van der Waals surface area contributed by atoms with E-state index < -0.39 is 17.6 Å². The molecule has 0 aromatic heterocycles. The summed E-state index contributed by atoms with van der Waals surface area (Å²) in [5.74, 6) is -0.765. The molecule has 2 amide bonds. The Labute approximate surface area is 208 Å². The van der Waals surface area contributed by atoms with E-state index in [9.17, 15) is 22.8 Å². The molecule has 0 aliphatic carbocycles. The molecule has 2 saturated heterocycles. The fourth-order valence-electron chi connectivity index (χ4n) is 4.47.